The van der Waals surface area contributed by atoms with Crippen LogP contribution in [0.4, 0.5) is 0 Å². The number of rotatable bonds is 5. The van der Waals surface area contributed by atoms with Gasteiger partial charge in [-0.25, -0.2) is 0 Å². The summed E-state index contributed by atoms with van der Waals surface area (Å²) in [6.07, 6.45) is 5.95. The lowest BCUT2D eigenvalue weighted by atomic mass is 9.78. The van der Waals surface area contributed by atoms with E-state index in [2.05, 4.69) is 63.2 Å². The monoisotopic (exact) mass is 449 g/mol. The molecule has 1 aromatic carbocycles. The molecule has 2 N–H and O–H groups in total. The summed E-state index contributed by atoms with van der Waals surface area (Å²) < 4.78 is 0. The molecule has 0 spiro atoms. The largest absolute Gasteiger partial charge is 0.348 e. The highest BCUT2D eigenvalue weighted by Crippen LogP contribution is 2.32. The maximum Gasteiger partial charge on any atom is 0.252 e. The van der Waals surface area contributed by atoms with Crippen molar-refractivity contribution in [2.75, 3.05) is 0 Å². The molecule has 1 fully saturated rings. The second-order valence-electron chi connectivity index (χ2n) is 11.4. The van der Waals surface area contributed by atoms with Crippen LogP contribution in [0, 0.1) is 0 Å². The van der Waals surface area contributed by atoms with Crippen molar-refractivity contribution in [3.8, 4) is 0 Å². The molecule has 1 saturated carbocycles. The zero-order chi connectivity index (χ0) is 24.3. The number of nitrogens with zero attached hydrogens (tertiary/aromatic N) is 1. The average Bonchev–Trinajstić information content (AvgIpc) is 2.77. The fraction of sp³-hybridized carbons (Fsp3) is 0.536. The average molecular weight is 450 g/mol. The summed E-state index contributed by atoms with van der Waals surface area (Å²) >= 11 is 0. The minimum Gasteiger partial charge on any atom is -0.348 e. The summed E-state index contributed by atoms with van der Waals surface area (Å²) in [5.74, 6) is -0.300. The number of amides is 2. The lowest BCUT2D eigenvalue weighted by molar-refractivity contribution is -0.128. The summed E-state index contributed by atoms with van der Waals surface area (Å²) in [5.41, 5.74) is 2.61. The number of aromatic nitrogens is 1. The van der Waals surface area contributed by atoms with E-state index in [0.29, 0.717) is 24.9 Å². The van der Waals surface area contributed by atoms with Crippen LogP contribution in [-0.4, -0.2) is 22.3 Å². The van der Waals surface area contributed by atoms with Gasteiger partial charge in [0.15, 0.2) is 0 Å². The summed E-state index contributed by atoms with van der Waals surface area (Å²) in [7, 11) is 0. The molecule has 2 aromatic rings. The topological polar surface area (TPSA) is 71.1 Å². The van der Waals surface area contributed by atoms with Crippen LogP contribution in [0.25, 0.3) is 0 Å². The molecule has 0 atom stereocenters. The Morgan fingerprint density at radius 2 is 1.52 bits per heavy atom. The SMILES string of the molecule is CC(C)(C)c1cc(C(=O)NC2(C(=O)NCc3ccccn3)CCCCC2)cc(C(C)(C)C)c1. The normalized spacial score (nSPS) is 16.2. The van der Waals surface area contributed by atoms with Gasteiger partial charge in [0, 0.05) is 11.8 Å². The number of carbonyl (C=O) groups is 2. The molecule has 0 aliphatic heterocycles. The number of carbonyl (C=O) groups excluding carboxylic acids is 2. The van der Waals surface area contributed by atoms with Gasteiger partial charge in [-0.1, -0.05) is 72.9 Å². The van der Waals surface area contributed by atoms with Gasteiger partial charge in [0.1, 0.15) is 5.54 Å². The highest BCUT2D eigenvalue weighted by molar-refractivity contribution is 5.99. The third-order valence-electron chi connectivity index (χ3n) is 6.58. The summed E-state index contributed by atoms with van der Waals surface area (Å²) in [5, 5.41) is 6.19. The van der Waals surface area contributed by atoms with Crippen molar-refractivity contribution in [3.63, 3.8) is 0 Å². The molecule has 0 bridgehead atoms. The lowest BCUT2D eigenvalue weighted by Crippen LogP contribution is -2.59. The van der Waals surface area contributed by atoms with Gasteiger partial charge in [-0.05, 0) is 59.1 Å². The summed E-state index contributed by atoms with van der Waals surface area (Å²) in [6.45, 7) is 13.3. The van der Waals surface area contributed by atoms with Gasteiger partial charge in [0.2, 0.25) is 5.91 Å². The Labute approximate surface area is 198 Å². The zero-order valence-electron chi connectivity index (χ0n) is 21.0. The van der Waals surface area contributed by atoms with E-state index in [1.165, 1.54) is 0 Å². The first-order valence-electron chi connectivity index (χ1n) is 12.1. The number of hydrogen-bond donors (Lipinski definition) is 2. The van der Waals surface area contributed by atoms with Crippen LogP contribution >= 0.6 is 0 Å². The molecule has 1 aliphatic carbocycles. The van der Waals surface area contributed by atoms with Crippen molar-refractivity contribution in [3.05, 3.63) is 65.0 Å². The molecule has 3 rings (SSSR count). The van der Waals surface area contributed by atoms with Crippen LogP contribution in [0.5, 0.6) is 0 Å². The first-order chi connectivity index (χ1) is 15.4. The number of nitrogens with one attached hydrogen (secondary N) is 2. The second-order valence-corrected chi connectivity index (χ2v) is 11.4. The third-order valence-corrected chi connectivity index (χ3v) is 6.58. The summed E-state index contributed by atoms with van der Waals surface area (Å²) in [4.78, 5) is 31.2. The minimum absolute atomic E-state index is 0.0845. The summed E-state index contributed by atoms with van der Waals surface area (Å²) in [6, 6.07) is 11.8. The van der Waals surface area contributed by atoms with E-state index in [1.54, 1.807) is 6.20 Å². The van der Waals surface area contributed by atoms with E-state index in [4.69, 9.17) is 0 Å². The van der Waals surface area contributed by atoms with E-state index < -0.39 is 5.54 Å². The minimum atomic E-state index is -0.885. The van der Waals surface area contributed by atoms with Gasteiger partial charge < -0.3 is 10.6 Å². The molecule has 0 unspecified atom stereocenters. The highest BCUT2D eigenvalue weighted by atomic mass is 16.2. The van der Waals surface area contributed by atoms with Crippen LogP contribution < -0.4 is 10.6 Å². The molecular formula is C28H39N3O2. The fourth-order valence-electron chi connectivity index (χ4n) is 4.32. The van der Waals surface area contributed by atoms with E-state index in [9.17, 15) is 9.59 Å². The van der Waals surface area contributed by atoms with Crippen LogP contribution in [-0.2, 0) is 22.2 Å². The van der Waals surface area contributed by atoms with Gasteiger partial charge in [0.25, 0.3) is 5.91 Å². The van der Waals surface area contributed by atoms with Crippen molar-refractivity contribution in [1.82, 2.24) is 15.6 Å². The van der Waals surface area contributed by atoms with Gasteiger partial charge in [-0.2, -0.15) is 0 Å². The van der Waals surface area contributed by atoms with E-state index >= 15 is 0 Å². The van der Waals surface area contributed by atoms with Crippen LogP contribution in [0.1, 0.15) is 101 Å². The highest BCUT2D eigenvalue weighted by Gasteiger charge is 2.41. The maximum absolute atomic E-state index is 13.6. The second kappa shape index (κ2) is 9.66. The van der Waals surface area contributed by atoms with E-state index in [0.717, 1.165) is 36.1 Å². The smallest absolute Gasteiger partial charge is 0.252 e. The zero-order valence-corrected chi connectivity index (χ0v) is 21.0. The van der Waals surface area contributed by atoms with Crippen molar-refractivity contribution < 1.29 is 9.59 Å². The molecule has 0 saturated heterocycles. The molecule has 5 heteroatoms. The standard InChI is InChI=1S/C28H39N3O2/c1-26(2,3)21-16-20(17-22(18-21)27(4,5)6)24(32)31-28(13-9-7-10-14-28)25(33)30-19-23-12-8-11-15-29-23/h8,11-12,15-18H,7,9-10,13-14,19H2,1-6H3,(H,30,33)(H,31,32). The van der Waals surface area contributed by atoms with Gasteiger partial charge in [-0.15, -0.1) is 0 Å². The number of hydrogen-bond acceptors (Lipinski definition) is 3. The molecule has 33 heavy (non-hydrogen) atoms. The predicted octanol–water partition coefficient (Wildman–Crippen LogP) is 5.43. The fourth-order valence-corrected chi connectivity index (χ4v) is 4.32. The number of benzene rings is 1. The van der Waals surface area contributed by atoms with Gasteiger partial charge in [0.05, 0.1) is 12.2 Å². The Morgan fingerprint density at radius 3 is 2.03 bits per heavy atom. The Bertz CT molecular complexity index is 946. The van der Waals surface area contributed by atoms with Crippen molar-refractivity contribution in [2.45, 2.75) is 96.6 Å². The molecule has 2 amide bonds. The molecule has 0 radical (unpaired) electrons. The Kier molecular flexibility index (Phi) is 7.30. The Morgan fingerprint density at radius 1 is 0.909 bits per heavy atom. The molecule has 5 nitrogen and oxygen atoms in total. The lowest BCUT2D eigenvalue weighted by Gasteiger charge is -2.37. The van der Waals surface area contributed by atoms with Crippen molar-refractivity contribution in [1.29, 1.82) is 0 Å². The van der Waals surface area contributed by atoms with E-state index in [-0.39, 0.29) is 22.6 Å². The molecular weight excluding hydrogens is 410 g/mol. The van der Waals surface area contributed by atoms with Crippen LogP contribution in [0.3, 0.4) is 0 Å². The number of pyridine rings is 1. The molecule has 1 aliphatic rings. The van der Waals surface area contributed by atoms with Crippen LogP contribution in [0.15, 0.2) is 42.6 Å². The third kappa shape index (κ3) is 6.21. The molecule has 1 heterocycles. The molecule has 1 aromatic heterocycles. The van der Waals surface area contributed by atoms with Gasteiger partial charge in [-0.3, -0.25) is 14.6 Å². The quantitative estimate of drug-likeness (QED) is 0.640. The van der Waals surface area contributed by atoms with Gasteiger partial charge >= 0.3 is 0 Å². The van der Waals surface area contributed by atoms with Crippen molar-refractivity contribution in [2.24, 2.45) is 0 Å². The maximum atomic E-state index is 13.6. The van der Waals surface area contributed by atoms with Crippen molar-refractivity contribution >= 4 is 11.8 Å². The first kappa shape index (κ1) is 24.9. The first-order valence-corrected chi connectivity index (χ1v) is 12.1. The van der Waals surface area contributed by atoms with Crippen LogP contribution in [0.2, 0.25) is 0 Å². The Hall–Kier alpha value is -2.69. The predicted molar refractivity (Wildman–Crippen MR) is 133 cm³/mol. The van der Waals surface area contributed by atoms with E-state index in [1.807, 2.05) is 30.3 Å². The molecule has 178 valence electrons. The Balaban J connectivity index is 1.87.